The van der Waals surface area contributed by atoms with Gasteiger partial charge >= 0.3 is 6.01 Å². The summed E-state index contributed by atoms with van der Waals surface area (Å²) in [5, 5.41) is 11.6. The fourth-order valence-corrected chi connectivity index (χ4v) is 2.73. The summed E-state index contributed by atoms with van der Waals surface area (Å²) in [4.78, 5) is 17.2. The zero-order valence-electron chi connectivity index (χ0n) is 14.4. The number of fused-ring (bicyclic) bond motifs is 1. The molecule has 2 aromatic heterocycles. The van der Waals surface area contributed by atoms with Crippen LogP contribution < -0.4 is 10.9 Å². The molecular formula is C19H17N5O2. The summed E-state index contributed by atoms with van der Waals surface area (Å²) in [6, 6.07) is 15.4. The molecule has 0 unspecified atom stereocenters. The Hall–Kier alpha value is -3.48. The van der Waals surface area contributed by atoms with E-state index in [1.807, 2.05) is 49.4 Å². The number of anilines is 2. The first kappa shape index (κ1) is 16.0. The van der Waals surface area contributed by atoms with E-state index in [-0.39, 0.29) is 18.1 Å². The number of rotatable bonds is 4. The molecule has 0 amide bonds. The smallest absolute Gasteiger partial charge is 0.320 e. The van der Waals surface area contributed by atoms with E-state index in [0.717, 1.165) is 5.69 Å². The quantitative estimate of drug-likeness (QED) is 0.610. The Morgan fingerprint density at radius 1 is 1.04 bits per heavy atom. The fraction of sp³-hybridized carbons (Fsp3) is 0.158. The van der Waals surface area contributed by atoms with Gasteiger partial charge in [0.15, 0.2) is 0 Å². The highest BCUT2D eigenvalue weighted by atomic mass is 16.4. The Morgan fingerprint density at radius 2 is 1.81 bits per heavy atom. The maximum Gasteiger partial charge on any atom is 0.320 e. The number of para-hydroxylation sites is 1. The zero-order valence-corrected chi connectivity index (χ0v) is 14.4. The van der Waals surface area contributed by atoms with Crippen LogP contribution in [0, 0.1) is 13.8 Å². The second-order valence-electron chi connectivity index (χ2n) is 6.06. The third-order valence-corrected chi connectivity index (χ3v) is 4.12. The van der Waals surface area contributed by atoms with Gasteiger partial charge in [0.25, 0.3) is 5.56 Å². The van der Waals surface area contributed by atoms with Gasteiger partial charge in [0, 0.05) is 5.69 Å². The number of benzene rings is 2. The Morgan fingerprint density at radius 3 is 2.62 bits per heavy atom. The molecule has 0 atom stereocenters. The molecule has 0 spiro atoms. The molecule has 0 saturated carbocycles. The Labute approximate surface area is 149 Å². The third kappa shape index (κ3) is 3.06. The van der Waals surface area contributed by atoms with Gasteiger partial charge in [-0.25, -0.2) is 4.98 Å². The van der Waals surface area contributed by atoms with Gasteiger partial charge in [-0.2, -0.15) is 0 Å². The first-order valence-electron chi connectivity index (χ1n) is 8.22. The Kier molecular flexibility index (Phi) is 3.96. The molecule has 7 nitrogen and oxygen atoms in total. The first-order chi connectivity index (χ1) is 12.6. The van der Waals surface area contributed by atoms with E-state index in [2.05, 4.69) is 20.5 Å². The summed E-state index contributed by atoms with van der Waals surface area (Å²) in [6.07, 6.45) is 0. The predicted octanol–water partition coefficient (Wildman–Crippen LogP) is 3.19. The minimum absolute atomic E-state index is 0.126. The number of nitrogens with one attached hydrogen (secondary N) is 1. The van der Waals surface area contributed by atoms with Gasteiger partial charge in [0.05, 0.1) is 10.9 Å². The topological polar surface area (TPSA) is 85.8 Å². The summed E-state index contributed by atoms with van der Waals surface area (Å²) in [5.74, 6) is 0.932. The number of hydrogen-bond donors (Lipinski definition) is 1. The third-order valence-electron chi connectivity index (χ3n) is 4.12. The van der Waals surface area contributed by atoms with Crippen LogP contribution in [0.2, 0.25) is 0 Å². The van der Waals surface area contributed by atoms with Gasteiger partial charge in [0.2, 0.25) is 5.89 Å². The van der Waals surface area contributed by atoms with Crippen LogP contribution >= 0.6 is 0 Å². The number of aromatic nitrogens is 4. The first-order valence-corrected chi connectivity index (χ1v) is 8.22. The molecule has 0 aliphatic carbocycles. The van der Waals surface area contributed by atoms with Gasteiger partial charge in [-0.15, -0.1) is 5.10 Å². The van der Waals surface area contributed by atoms with Crippen molar-refractivity contribution in [2.75, 3.05) is 5.32 Å². The minimum atomic E-state index is -0.126. The maximum atomic E-state index is 12.7. The van der Waals surface area contributed by atoms with Gasteiger partial charge in [-0.1, -0.05) is 34.9 Å². The van der Waals surface area contributed by atoms with Crippen molar-refractivity contribution in [1.82, 2.24) is 19.7 Å². The summed E-state index contributed by atoms with van der Waals surface area (Å²) in [5.41, 5.74) is 2.57. The molecule has 130 valence electrons. The maximum absolute atomic E-state index is 12.7. The average Bonchev–Trinajstić information content (AvgIpc) is 3.08. The molecule has 4 rings (SSSR count). The van der Waals surface area contributed by atoms with E-state index in [4.69, 9.17) is 4.42 Å². The molecule has 0 bridgehead atoms. The molecule has 2 heterocycles. The Balaban J connectivity index is 1.60. The van der Waals surface area contributed by atoms with E-state index in [9.17, 15) is 4.79 Å². The van der Waals surface area contributed by atoms with Crippen LogP contribution in [-0.2, 0) is 6.54 Å². The van der Waals surface area contributed by atoms with Crippen LogP contribution in [0.4, 0.5) is 11.7 Å². The fourth-order valence-electron chi connectivity index (χ4n) is 2.73. The van der Waals surface area contributed by atoms with E-state index in [0.29, 0.717) is 22.6 Å². The summed E-state index contributed by atoms with van der Waals surface area (Å²) >= 11 is 0. The van der Waals surface area contributed by atoms with Gasteiger partial charge < -0.3 is 9.73 Å². The standard InChI is InChI=1S/C19H17N5O2/c1-12-7-9-14(10-8-12)21-19-23-22-17(26-19)11-24-13(2)20-16-6-4-3-5-15(16)18(24)25/h3-10H,11H2,1-2H3,(H,21,23). The SMILES string of the molecule is Cc1ccc(Nc2nnc(Cn3c(C)nc4ccccc4c3=O)o2)cc1. The van der Waals surface area contributed by atoms with Gasteiger partial charge in [-0.3, -0.25) is 9.36 Å². The van der Waals surface area contributed by atoms with Crippen LogP contribution in [0.15, 0.2) is 57.7 Å². The predicted molar refractivity (Wildman–Crippen MR) is 98.6 cm³/mol. The van der Waals surface area contributed by atoms with Gasteiger partial charge in [0.1, 0.15) is 12.4 Å². The van der Waals surface area contributed by atoms with Crippen LogP contribution in [0.1, 0.15) is 17.3 Å². The average molecular weight is 347 g/mol. The molecule has 0 aliphatic heterocycles. The highest BCUT2D eigenvalue weighted by Gasteiger charge is 2.12. The molecule has 7 heteroatoms. The molecule has 26 heavy (non-hydrogen) atoms. The lowest BCUT2D eigenvalue weighted by molar-refractivity contribution is 0.482. The van der Waals surface area contributed by atoms with Crippen molar-refractivity contribution in [3.63, 3.8) is 0 Å². The second kappa shape index (κ2) is 6.44. The molecule has 2 aromatic carbocycles. The number of aryl methyl sites for hydroxylation is 2. The minimum Gasteiger partial charge on any atom is -0.406 e. The van der Waals surface area contributed by atoms with Crippen molar-refractivity contribution in [3.8, 4) is 0 Å². The van der Waals surface area contributed by atoms with Crippen molar-refractivity contribution < 1.29 is 4.42 Å². The molecule has 0 saturated heterocycles. The summed E-state index contributed by atoms with van der Waals surface area (Å²) in [7, 11) is 0. The summed E-state index contributed by atoms with van der Waals surface area (Å²) in [6.45, 7) is 3.98. The highest BCUT2D eigenvalue weighted by molar-refractivity contribution is 5.77. The van der Waals surface area contributed by atoms with Crippen molar-refractivity contribution in [2.45, 2.75) is 20.4 Å². The lowest BCUT2D eigenvalue weighted by Crippen LogP contribution is -2.24. The van der Waals surface area contributed by atoms with E-state index in [1.165, 1.54) is 10.1 Å². The van der Waals surface area contributed by atoms with Crippen LogP contribution in [0.3, 0.4) is 0 Å². The van der Waals surface area contributed by atoms with E-state index >= 15 is 0 Å². The molecule has 0 radical (unpaired) electrons. The summed E-state index contributed by atoms with van der Waals surface area (Å²) < 4.78 is 7.16. The van der Waals surface area contributed by atoms with Crippen LogP contribution in [-0.4, -0.2) is 19.7 Å². The normalized spacial score (nSPS) is 11.0. The second-order valence-corrected chi connectivity index (χ2v) is 6.06. The van der Waals surface area contributed by atoms with Crippen molar-refractivity contribution in [3.05, 3.63) is 76.2 Å². The van der Waals surface area contributed by atoms with Crippen LogP contribution in [0.25, 0.3) is 10.9 Å². The van der Waals surface area contributed by atoms with E-state index < -0.39 is 0 Å². The zero-order chi connectivity index (χ0) is 18.1. The molecule has 4 aromatic rings. The molecule has 0 fully saturated rings. The molecule has 1 N–H and O–H groups in total. The molecule has 0 aliphatic rings. The molecular weight excluding hydrogens is 330 g/mol. The van der Waals surface area contributed by atoms with Gasteiger partial charge in [-0.05, 0) is 38.1 Å². The van der Waals surface area contributed by atoms with Crippen molar-refractivity contribution in [1.29, 1.82) is 0 Å². The number of nitrogens with zero attached hydrogens (tertiary/aromatic N) is 4. The number of hydrogen-bond acceptors (Lipinski definition) is 6. The lowest BCUT2D eigenvalue weighted by atomic mass is 10.2. The largest absolute Gasteiger partial charge is 0.406 e. The highest BCUT2D eigenvalue weighted by Crippen LogP contribution is 2.16. The van der Waals surface area contributed by atoms with Crippen molar-refractivity contribution >= 4 is 22.6 Å². The van der Waals surface area contributed by atoms with E-state index in [1.54, 1.807) is 13.0 Å². The monoisotopic (exact) mass is 347 g/mol. The van der Waals surface area contributed by atoms with Crippen molar-refractivity contribution in [2.24, 2.45) is 0 Å². The Bertz CT molecular complexity index is 1130. The lowest BCUT2D eigenvalue weighted by Gasteiger charge is -2.08. The van der Waals surface area contributed by atoms with Crippen LogP contribution in [0.5, 0.6) is 0 Å².